The van der Waals surface area contributed by atoms with E-state index in [1.54, 1.807) is 29.2 Å². The number of ether oxygens (including phenoxy) is 1. The summed E-state index contributed by atoms with van der Waals surface area (Å²) in [5.41, 5.74) is 1.54. The van der Waals surface area contributed by atoms with E-state index in [1.165, 1.54) is 24.3 Å². The number of halogens is 1. The van der Waals surface area contributed by atoms with E-state index in [1.807, 2.05) is 0 Å². The van der Waals surface area contributed by atoms with Crippen molar-refractivity contribution in [2.75, 3.05) is 13.2 Å². The first-order chi connectivity index (χ1) is 12.5. The molecule has 6 heteroatoms. The molecule has 0 bridgehead atoms. The highest BCUT2D eigenvalue weighted by atomic mass is 19.1. The number of Topliss-reactive ketones (excluding diaryl/α,β-unsaturated/α-hetero) is 1. The number of hydrogen-bond acceptors (Lipinski definition) is 4. The molecule has 0 spiro atoms. The molecule has 1 saturated heterocycles. The van der Waals surface area contributed by atoms with Crippen LogP contribution < -0.4 is 0 Å². The van der Waals surface area contributed by atoms with Crippen molar-refractivity contribution in [1.82, 2.24) is 4.90 Å². The molecular weight excluding hydrogens is 337 g/mol. The molecule has 0 aliphatic carbocycles. The van der Waals surface area contributed by atoms with Gasteiger partial charge in [0.1, 0.15) is 5.82 Å². The van der Waals surface area contributed by atoms with Gasteiger partial charge in [-0.3, -0.25) is 9.59 Å². The number of benzene rings is 2. The highest BCUT2D eigenvalue weighted by Gasteiger charge is 2.20. The highest BCUT2D eigenvalue weighted by Crippen LogP contribution is 2.15. The van der Waals surface area contributed by atoms with E-state index in [4.69, 9.17) is 4.74 Å². The Bertz CT molecular complexity index is 815. The molecule has 0 N–H and O–H groups in total. The van der Waals surface area contributed by atoms with Crippen molar-refractivity contribution in [1.29, 1.82) is 0 Å². The Kier molecular flexibility index (Phi) is 5.41. The van der Waals surface area contributed by atoms with Crippen LogP contribution in [0, 0.1) is 5.82 Å². The summed E-state index contributed by atoms with van der Waals surface area (Å²) in [6.07, 6.45) is 1.47. The van der Waals surface area contributed by atoms with E-state index in [-0.39, 0.29) is 11.5 Å². The van der Waals surface area contributed by atoms with Crippen LogP contribution in [0.4, 0.5) is 4.39 Å². The smallest absolute Gasteiger partial charge is 0.338 e. The fourth-order valence-corrected chi connectivity index (χ4v) is 2.77. The summed E-state index contributed by atoms with van der Waals surface area (Å²) >= 11 is 0. The average molecular weight is 355 g/mol. The topological polar surface area (TPSA) is 63.7 Å². The van der Waals surface area contributed by atoms with Crippen molar-refractivity contribution in [3.8, 4) is 0 Å². The Balaban J connectivity index is 1.53. The van der Waals surface area contributed by atoms with Gasteiger partial charge in [-0.25, -0.2) is 9.18 Å². The number of hydrogen-bond donors (Lipinski definition) is 0. The zero-order valence-electron chi connectivity index (χ0n) is 14.1. The maximum absolute atomic E-state index is 12.8. The first-order valence-electron chi connectivity index (χ1n) is 8.35. The van der Waals surface area contributed by atoms with E-state index < -0.39 is 24.2 Å². The Morgan fingerprint density at radius 1 is 1.00 bits per heavy atom. The number of rotatable bonds is 6. The van der Waals surface area contributed by atoms with Crippen LogP contribution in [0.5, 0.6) is 0 Å². The van der Waals surface area contributed by atoms with Crippen LogP contribution >= 0.6 is 0 Å². The second kappa shape index (κ2) is 7.91. The van der Waals surface area contributed by atoms with Gasteiger partial charge in [-0.2, -0.15) is 0 Å². The van der Waals surface area contributed by atoms with Gasteiger partial charge < -0.3 is 9.64 Å². The van der Waals surface area contributed by atoms with Crippen molar-refractivity contribution in [2.45, 2.75) is 19.4 Å². The molecule has 134 valence electrons. The molecule has 26 heavy (non-hydrogen) atoms. The quantitative estimate of drug-likeness (QED) is 0.590. The molecular formula is C20H18FNO4. The molecule has 1 fully saturated rings. The van der Waals surface area contributed by atoms with Crippen LogP contribution in [0.15, 0.2) is 48.5 Å². The number of ketones is 1. The zero-order chi connectivity index (χ0) is 18.5. The molecule has 1 aliphatic heterocycles. The van der Waals surface area contributed by atoms with E-state index in [0.717, 1.165) is 18.5 Å². The Morgan fingerprint density at radius 3 is 2.27 bits per heavy atom. The Hall–Kier alpha value is -3.02. The number of likely N-dealkylation sites (tertiary alicyclic amines) is 1. The standard InChI is InChI=1S/C20H18FNO4/c21-17-9-7-15(8-10-17)18(23)13-26-20(25)16-5-3-14(4-6-16)12-22-11-1-2-19(22)24/h3-10H,1-2,11-13H2. The van der Waals surface area contributed by atoms with Crippen molar-refractivity contribution in [2.24, 2.45) is 0 Å². The lowest BCUT2D eigenvalue weighted by atomic mass is 10.1. The predicted octanol–water partition coefficient (Wildman–Crippen LogP) is 2.99. The minimum atomic E-state index is -0.607. The first-order valence-corrected chi connectivity index (χ1v) is 8.35. The third-order valence-corrected chi connectivity index (χ3v) is 4.24. The van der Waals surface area contributed by atoms with Crippen LogP contribution in [0.3, 0.4) is 0 Å². The third kappa shape index (κ3) is 4.33. The molecule has 0 unspecified atom stereocenters. The fraction of sp³-hybridized carbons (Fsp3) is 0.250. The van der Waals surface area contributed by atoms with E-state index in [2.05, 4.69) is 0 Å². The molecule has 0 aromatic heterocycles. The summed E-state index contributed by atoms with van der Waals surface area (Å²) in [4.78, 5) is 37.4. The van der Waals surface area contributed by atoms with Gasteiger partial charge >= 0.3 is 5.97 Å². The first kappa shape index (κ1) is 17.8. The number of carbonyl (C=O) groups excluding carboxylic acids is 3. The van der Waals surface area contributed by atoms with Crippen molar-refractivity contribution in [3.05, 3.63) is 71.0 Å². The summed E-state index contributed by atoms with van der Waals surface area (Å²) < 4.78 is 17.9. The van der Waals surface area contributed by atoms with Gasteiger partial charge in [0, 0.05) is 25.1 Å². The van der Waals surface area contributed by atoms with Gasteiger partial charge in [-0.15, -0.1) is 0 Å². The number of carbonyl (C=O) groups is 3. The van der Waals surface area contributed by atoms with Gasteiger partial charge in [0.05, 0.1) is 5.56 Å². The lowest BCUT2D eigenvalue weighted by Crippen LogP contribution is -2.23. The lowest BCUT2D eigenvalue weighted by Gasteiger charge is -2.15. The molecule has 0 saturated carbocycles. The minimum Gasteiger partial charge on any atom is -0.454 e. The molecule has 1 amide bonds. The van der Waals surface area contributed by atoms with Gasteiger partial charge in [-0.05, 0) is 48.4 Å². The summed E-state index contributed by atoms with van der Waals surface area (Å²) in [7, 11) is 0. The third-order valence-electron chi connectivity index (χ3n) is 4.24. The lowest BCUT2D eigenvalue weighted by molar-refractivity contribution is -0.128. The molecule has 3 rings (SSSR count). The van der Waals surface area contributed by atoms with Gasteiger partial charge in [0.15, 0.2) is 12.4 Å². The Morgan fingerprint density at radius 2 is 1.65 bits per heavy atom. The molecule has 2 aromatic carbocycles. The summed E-state index contributed by atoms with van der Waals surface area (Å²) in [6, 6.07) is 11.8. The summed E-state index contributed by atoms with van der Waals surface area (Å²) in [6.45, 7) is 0.875. The van der Waals surface area contributed by atoms with E-state index >= 15 is 0 Å². The van der Waals surface area contributed by atoms with Crippen LogP contribution in [0.1, 0.15) is 39.1 Å². The zero-order valence-corrected chi connectivity index (χ0v) is 14.1. The van der Waals surface area contributed by atoms with Crippen molar-refractivity contribution < 1.29 is 23.5 Å². The maximum Gasteiger partial charge on any atom is 0.338 e. The van der Waals surface area contributed by atoms with Crippen LogP contribution in [-0.2, 0) is 16.1 Å². The molecule has 2 aromatic rings. The van der Waals surface area contributed by atoms with E-state index in [0.29, 0.717) is 18.5 Å². The Labute approximate surface area is 150 Å². The number of esters is 1. The molecule has 0 radical (unpaired) electrons. The number of amides is 1. The van der Waals surface area contributed by atoms with Crippen LogP contribution in [-0.4, -0.2) is 35.7 Å². The van der Waals surface area contributed by atoms with Gasteiger partial charge in [-0.1, -0.05) is 12.1 Å². The molecule has 1 aliphatic rings. The average Bonchev–Trinajstić information content (AvgIpc) is 3.05. The largest absolute Gasteiger partial charge is 0.454 e. The van der Waals surface area contributed by atoms with Gasteiger partial charge in [0.25, 0.3) is 0 Å². The maximum atomic E-state index is 12.8. The predicted molar refractivity (Wildman–Crippen MR) is 92.1 cm³/mol. The molecule has 5 nitrogen and oxygen atoms in total. The minimum absolute atomic E-state index is 0.146. The van der Waals surface area contributed by atoms with Gasteiger partial charge in [0.2, 0.25) is 5.91 Å². The second-order valence-electron chi connectivity index (χ2n) is 6.12. The normalized spacial score (nSPS) is 13.7. The highest BCUT2D eigenvalue weighted by molar-refractivity contribution is 5.99. The second-order valence-corrected chi connectivity index (χ2v) is 6.12. The van der Waals surface area contributed by atoms with E-state index in [9.17, 15) is 18.8 Å². The summed E-state index contributed by atoms with van der Waals surface area (Å²) in [5.74, 6) is -1.30. The van der Waals surface area contributed by atoms with Crippen molar-refractivity contribution in [3.63, 3.8) is 0 Å². The van der Waals surface area contributed by atoms with Crippen molar-refractivity contribution >= 4 is 17.7 Å². The molecule has 0 atom stereocenters. The van der Waals surface area contributed by atoms with Crippen LogP contribution in [0.2, 0.25) is 0 Å². The monoisotopic (exact) mass is 355 g/mol. The SMILES string of the molecule is O=C(COC(=O)c1ccc(CN2CCCC2=O)cc1)c1ccc(F)cc1. The summed E-state index contributed by atoms with van der Waals surface area (Å²) in [5, 5.41) is 0. The number of nitrogens with zero attached hydrogens (tertiary/aromatic N) is 1. The van der Waals surface area contributed by atoms with Crippen LogP contribution in [0.25, 0.3) is 0 Å². The fourth-order valence-electron chi connectivity index (χ4n) is 2.77. The molecule has 1 heterocycles.